The van der Waals surface area contributed by atoms with E-state index in [1.54, 1.807) is 0 Å². The van der Waals surface area contributed by atoms with Crippen LogP contribution in [0.15, 0.2) is 21.1 Å². The molecule has 1 aromatic rings. The monoisotopic (exact) mass is 337 g/mol. The van der Waals surface area contributed by atoms with Gasteiger partial charge in [-0.2, -0.15) is 0 Å². The standard InChI is InChI=1S/C10H13Br2NO2/c1-13-7(5-14)2-6-3-8(11)10(15)9(12)4-6/h3-4,7,13-15H,2,5H2,1H3. The second-order valence-electron chi connectivity index (χ2n) is 3.28. The van der Waals surface area contributed by atoms with E-state index in [1.807, 2.05) is 19.2 Å². The van der Waals surface area contributed by atoms with Crippen LogP contribution in [0.25, 0.3) is 0 Å². The molecule has 1 rings (SSSR count). The number of nitrogens with one attached hydrogen (secondary N) is 1. The predicted octanol–water partition coefficient (Wildman–Crippen LogP) is 2.04. The third-order valence-corrected chi connectivity index (χ3v) is 3.40. The van der Waals surface area contributed by atoms with Gasteiger partial charge in [-0.05, 0) is 63.0 Å². The van der Waals surface area contributed by atoms with Gasteiger partial charge in [0.25, 0.3) is 0 Å². The molecule has 3 N–H and O–H groups in total. The predicted molar refractivity (Wildman–Crippen MR) is 67.1 cm³/mol. The fraction of sp³-hybridized carbons (Fsp3) is 0.400. The number of halogens is 2. The Kier molecular flexibility index (Phi) is 5.05. The van der Waals surface area contributed by atoms with Crippen molar-refractivity contribution < 1.29 is 10.2 Å². The summed E-state index contributed by atoms with van der Waals surface area (Å²) in [5, 5.41) is 21.6. The lowest BCUT2D eigenvalue weighted by atomic mass is 10.1. The minimum Gasteiger partial charge on any atom is -0.506 e. The molecule has 0 saturated heterocycles. The maximum absolute atomic E-state index is 9.52. The highest BCUT2D eigenvalue weighted by atomic mass is 79.9. The van der Waals surface area contributed by atoms with Gasteiger partial charge in [0.1, 0.15) is 5.75 Å². The molecule has 5 heteroatoms. The van der Waals surface area contributed by atoms with Crippen LogP contribution in [0, 0.1) is 0 Å². The first-order chi connectivity index (χ1) is 7.08. The maximum atomic E-state index is 9.52. The number of hydrogen-bond acceptors (Lipinski definition) is 3. The smallest absolute Gasteiger partial charge is 0.143 e. The van der Waals surface area contributed by atoms with Gasteiger partial charge in [-0.1, -0.05) is 0 Å². The van der Waals surface area contributed by atoms with E-state index in [4.69, 9.17) is 5.11 Å². The summed E-state index contributed by atoms with van der Waals surface area (Å²) in [7, 11) is 1.81. The van der Waals surface area contributed by atoms with Crippen LogP contribution in [0.1, 0.15) is 5.56 Å². The number of hydrogen-bond donors (Lipinski definition) is 3. The Balaban J connectivity index is 2.87. The number of aliphatic hydroxyl groups excluding tert-OH is 1. The molecule has 84 valence electrons. The lowest BCUT2D eigenvalue weighted by Crippen LogP contribution is -2.31. The number of aromatic hydroxyl groups is 1. The third-order valence-electron chi connectivity index (χ3n) is 2.19. The first kappa shape index (κ1) is 13.0. The van der Waals surface area contributed by atoms with E-state index in [0.29, 0.717) is 15.4 Å². The van der Waals surface area contributed by atoms with E-state index in [-0.39, 0.29) is 18.4 Å². The first-order valence-electron chi connectivity index (χ1n) is 4.53. The lowest BCUT2D eigenvalue weighted by molar-refractivity contribution is 0.248. The zero-order chi connectivity index (χ0) is 11.4. The van der Waals surface area contributed by atoms with Crippen molar-refractivity contribution in [2.24, 2.45) is 0 Å². The molecular formula is C10H13Br2NO2. The van der Waals surface area contributed by atoms with Crippen molar-refractivity contribution in [3.8, 4) is 5.75 Å². The summed E-state index contributed by atoms with van der Waals surface area (Å²) in [4.78, 5) is 0. The number of aliphatic hydroxyl groups is 1. The fourth-order valence-electron chi connectivity index (χ4n) is 1.28. The van der Waals surface area contributed by atoms with Crippen LogP contribution < -0.4 is 5.32 Å². The van der Waals surface area contributed by atoms with Crippen molar-refractivity contribution in [2.75, 3.05) is 13.7 Å². The van der Waals surface area contributed by atoms with Gasteiger partial charge >= 0.3 is 0 Å². The van der Waals surface area contributed by atoms with Crippen LogP contribution in [0.5, 0.6) is 5.75 Å². The zero-order valence-corrected chi connectivity index (χ0v) is 11.5. The molecule has 0 heterocycles. The first-order valence-corrected chi connectivity index (χ1v) is 6.12. The minimum absolute atomic E-state index is 0.0355. The van der Waals surface area contributed by atoms with Gasteiger partial charge in [-0.3, -0.25) is 0 Å². The molecule has 15 heavy (non-hydrogen) atoms. The number of benzene rings is 1. The number of likely N-dealkylation sites (N-methyl/N-ethyl adjacent to an activating group) is 1. The second-order valence-corrected chi connectivity index (χ2v) is 4.99. The SMILES string of the molecule is CNC(CO)Cc1cc(Br)c(O)c(Br)c1. The van der Waals surface area contributed by atoms with Gasteiger partial charge in [-0.25, -0.2) is 0 Å². The Labute approximate surface area is 106 Å². The fourth-order valence-corrected chi connectivity index (χ4v) is 2.56. The van der Waals surface area contributed by atoms with Crippen LogP contribution in [0.4, 0.5) is 0 Å². The van der Waals surface area contributed by atoms with Crippen LogP contribution in [-0.2, 0) is 6.42 Å². The van der Waals surface area contributed by atoms with Crippen LogP contribution in [-0.4, -0.2) is 29.9 Å². The molecule has 1 aromatic carbocycles. The van der Waals surface area contributed by atoms with E-state index in [9.17, 15) is 5.11 Å². The van der Waals surface area contributed by atoms with E-state index in [2.05, 4.69) is 37.2 Å². The summed E-state index contributed by atoms with van der Waals surface area (Å²) >= 11 is 6.54. The highest BCUT2D eigenvalue weighted by Crippen LogP contribution is 2.33. The Hall–Kier alpha value is -0.100. The zero-order valence-electron chi connectivity index (χ0n) is 8.30. The molecule has 0 spiro atoms. The number of rotatable bonds is 4. The molecule has 0 saturated carbocycles. The van der Waals surface area contributed by atoms with E-state index >= 15 is 0 Å². The van der Waals surface area contributed by atoms with Crippen molar-refractivity contribution in [1.82, 2.24) is 5.32 Å². The minimum atomic E-state index is 0.0355. The molecule has 0 amide bonds. The molecule has 3 nitrogen and oxygen atoms in total. The molecule has 0 aliphatic carbocycles. The molecule has 0 radical (unpaired) electrons. The summed E-state index contributed by atoms with van der Waals surface area (Å²) < 4.78 is 1.30. The molecule has 0 aliphatic rings. The summed E-state index contributed by atoms with van der Waals surface area (Å²) in [6, 6.07) is 3.73. The number of phenols is 1. The second kappa shape index (κ2) is 5.84. The van der Waals surface area contributed by atoms with Gasteiger partial charge in [0.05, 0.1) is 15.6 Å². The van der Waals surface area contributed by atoms with Crippen molar-refractivity contribution in [1.29, 1.82) is 0 Å². The maximum Gasteiger partial charge on any atom is 0.143 e. The number of phenolic OH excluding ortho intramolecular Hbond substituents is 1. The van der Waals surface area contributed by atoms with Gasteiger partial charge in [0, 0.05) is 6.04 Å². The average Bonchev–Trinajstić information content (AvgIpc) is 2.22. The topological polar surface area (TPSA) is 52.5 Å². The normalized spacial score (nSPS) is 12.8. The van der Waals surface area contributed by atoms with E-state index < -0.39 is 0 Å². The Bertz CT molecular complexity index is 317. The van der Waals surface area contributed by atoms with E-state index in [0.717, 1.165) is 5.56 Å². The van der Waals surface area contributed by atoms with Crippen LogP contribution in [0.3, 0.4) is 0 Å². The molecule has 0 aromatic heterocycles. The Morgan fingerprint density at radius 3 is 2.27 bits per heavy atom. The average molecular weight is 339 g/mol. The summed E-state index contributed by atoms with van der Waals surface area (Å²) in [6.45, 7) is 0.0899. The highest BCUT2D eigenvalue weighted by molar-refractivity contribution is 9.11. The molecule has 0 aliphatic heterocycles. The van der Waals surface area contributed by atoms with Gasteiger partial charge < -0.3 is 15.5 Å². The van der Waals surface area contributed by atoms with Gasteiger partial charge in [0.2, 0.25) is 0 Å². The lowest BCUT2D eigenvalue weighted by Gasteiger charge is -2.13. The summed E-state index contributed by atoms with van der Waals surface area (Å²) in [5.41, 5.74) is 1.04. The molecule has 1 unspecified atom stereocenters. The van der Waals surface area contributed by atoms with Crippen molar-refractivity contribution in [3.05, 3.63) is 26.6 Å². The van der Waals surface area contributed by atoms with E-state index in [1.165, 1.54) is 0 Å². The van der Waals surface area contributed by atoms with Crippen molar-refractivity contribution >= 4 is 31.9 Å². The molecular weight excluding hydrogens is 326 g/mol. The van der Waals surface area contributed by atoms with Crippen LogP contribution >= 0.6 is 31.9 Å². The third kappa shape index (κ3) is 3.45. The molecule has 0 bridgehead atoms. The summed E-state index contributed by atoms with van der Waals surface area (Å²) in [5.74, 6) is 0.198. The quantitative estimate of drug-likeness (QED) is 0.787. The van der Waals surface area contributed by atoms with Gasteiger partial charge in [-0.15, -0.1) is 0 Å². The van der Waals surface area contributed by atoms with Crippen molar-refractivity contribution in [2.45, 2.75) is 12.5 Å². The van der Waals surface area contributed by atoms with Crippen LogP contribution in [0.2, 0.25) is 0 Å². The Morgan fingerprint density at radius 1 is 1.33 bits per heavy atom. The molecule has 1 atom stereocenters. The molecule has 0 fully saturated rings. The van der Waals surface area contributed by atoms with Crippen molar-refractivity contribution in [3.63, 3.8) is 0 Å². The Morgan fingerprint density at radius 2 is 1.87 bits per heavy atom. The highest BCUT2D eigenvalue weighted by Gasteiger charge is 2.10. The summed E-state index contributed by atoms with van der Waals surface area (Å²) in [6.07, 6.45) is 0.713. The van der Waals surface area contributed by atoms with Gasteiger partial charge in [0.15, 0.2) is 0 Å². The largest absolute Gasteiger partial charge is 0.506 e.